The summed E-state index contributed by atoms with van der Waals surface area (Å²) in [7, 11) is 0. The summed E-state index contributed by atoms with van der Waals surface area (Å²) in [6, 6.07) is 14.3. The van der Waals surface area contributed by atoms with Gasteiger partial charge >= 0.3 is 0 Å². The van der Waals surface area contributed by atoms with Crippen molar-refractivity contribution < 1.29 is 14.6 Å². The predicted molar refractivity (Wildman–Crippen MR) is 198 cm³/mol. The van der Waals surface area contributed by atoms with E-state index in [0.717, 1.165) is 74.0 Å². The second kappa shape index (κ2) is 14.3. The van der Waals surface area contributed by atoms with E-state index < -0.39 is 5.60 Å². The third-order valence-corrected chi connectivity index (χ3v) is 14.0. The summed E-state index contributed by atoms with van der Waals surface area (Å²) in [5.74, 6) is 1.94. The van der Waals surface area contributed by atoms with Gasteiger partial charge in [0, 0.05) is 29.5 Å². The summed E-state index contributed by atoms with van der Waals surface area (Å²) in [5, 5.41) is 22.8. The van der Waals surface area contributed by atoms with E-state index in [0.29, 0.717) is 36.9 Å². The predicted octanol–water partition coefficient (Wildman–Crippen LogP) is 8.80. The lowest BCUT2D eigenvalue weighted by molar-refractivity contribution is -0.0721. The highest BCUT2D eigenvalue weighted by Crippen LogP contribution is 2.65. The molecule has 49 heavy (non-hydrogen) atoms. The molecule has 4 fully saturated rings. The van der Waals surface area contributed by atoms with Crippen molar-refractivity contribution in [3.8, 4) is 0 Å². The Bertz CT molecular complexity index is 1560. The number of halogens is 2. The Hall–Kier alpha value is -2.38. The van der Waals surface area contributed by atoms with Gasteiger partial charge in [0.05, 0.1) is 24.8 Å². The molecule has 0 bridgehead atoms. The number of aliphatic hydroxyl groups excluding tert-OH is 1. The van der Waals surface area contributed by atoms with Gasteiger partial charge in [0.25, 0.3) is 0 Å². The molecule has 1 aliphatic heterocycles. The average Bonchev–Trinajstić information content (AvgIpc) is 3.41. The largest absolute Gasteiger partial charge is 0.393 e. The Morgan fingerprint density at radius 3 is 2.41 bits per heavy atom. The van der Waals surface area contributed by atoms with Crippen LogP contribution in [0.4, 0.5) is 4.39 Å². The Morgan fingerprint density at radius 1 is 0.898 bits per heavy atom. The average molecular weight is 688 g/mol. The van der Waals surface area contributed by atoms with Crippen LogP contribution in [-0.2, 0) is 5.60 Å². The number of fused-ring (bicyclic) bond motifs is 5. The first-order valence-electron chi connectivity index (χ1n) is 19.0. The van der Waals surface area contributed by atoms with Gasteiger partial charge in [-0.05, 0) is 154 Å². The van der Waals surface area contributed by atoms with E-state index in [1.165, 1.54) is 56.4 Å². The molecule has 1 heterocycles. The standard InChI is InChI=1S/C42H55ClFN3O2/c1-40-19-17-34(28-31(40)9-14-35-36-15-16-39(48)41(36,2)20-18-37(35)40)45-23-24-46-38(29-5-12-33(44)13-6-29)4-3-25-47-26-21-42(49,22-27-47)30-7-10-32(43)11-8-30/h5-8,10-13,28,35-37,39,48-49H,3-4,9,14-27H2,1-2H3/t35-,36-,37-,39-,40-,41-/m0/s1. The second-order valence-corrected chi connectivity index (χ2v) is 16.8. The summed E-state index contributed by atoms with van der Waals surface area (Å²) in [4.78, 5) is 12.5. The van der Waals surface area contributed by atoms with Crippen molar-refractivity contribution in [2.75, 3.05) is 32.7 Å². The summed E-state index contributed by atoms with van der Waals surface area (Å²) in [6.45, 7) is 8.82. The molecule has 2 aromatic carbocycles. The quantitative estimate of drug-likeness (QED) is 0.205. The molecule has 2 N–H and O–H groups in total. The number of rotatable bonds is 9. The minimum absolute atomic E-state index is 0.113. The summed E-state index contributed by atoms with van der Waals surface area (Å²) in [5.41, 5.74) is 5.39. The molecule has 0 spiro atoms. The third-order valence-electron chi connectivity index (χ3n) is 13.8. The zero-order chi connectivity index (χ0) is 34.2. The molecule has 3 saturated carbocycles. The fraction of sp³-hybridized carbons (Fsp3) is 0.619. The van der Waals surface area contributed by atoms with E-state index in [1.54, 1.807) is 5.57 Å². The van der Waals surface area contributed by atoms with Crippen molar-refractivity contribution in [1.82, 2.24) is 4.90 Å². The van der Waals surface area contributed by atoms with E-state index in [-0.39, 0.29) is 22.8 Å². The fourth-order valence-electron chi connectivity index (χ4n) is 10.7. The molecule has 7 heteroatoms. The van der Waals surface area contributed by atoms with E-state index in [9.17, 15) is 14.6 Å². The van der Waals surface area contributed by atoms with Crippen LogP contribution >= 0.6 is 11.6 Å². The van der Waals surface area contributed by atoms with E-state index in [1.807, 2.05) is 36.4 Å². The minimum Gasteiger partial charge on any atom is -0.393 e. The third kappa shape index (κ3) is 7.09. The van der Waals surface area contributed by atoms with Gasteiger partial charge in [0.2, 0.25) is 0 Å². The fourth-order valence-corrected chi connectivity index (χ4v) is 10.8. The highest BCUT2D eigenvalue weighted by Gasteiger charge is 2.58. The van der Waals surface area contributed by atoms with Gasteiger partial charge < -0.3 is 15.1 Å². The van der Waals surface area contributed by atoms with Crippen LogP contribution in [0.25, 0.3) is 0 Å². The van der Waals surface area contributed by atoms with Gasteiger partial charge in [0.15, 0.2) is 0 Å². The van der Waals surface area contributed by atoms with E-state index in [4.69, 9.17) is 21.6 Å². The van der Waals surface area contributed by atoms with Crippen LogP contribution in [0.3, 0.4) is 0 Å². The molecular formula is C42H55ClFN3O2. The first-order valence-corrected chi connectivity index (χ1v) is 19.4. The number of allylic oxidation sites excluding steroid dienone is 2. The zero-order valence-electron chi connectivity index (χ0n) is 29.5. The molecular weight excluding hydrogens is 633 g/mol. The number of piperidine rings is 1. The Labute approximate surface area is 297 Å². The summed E-state index contributed by atoms with van der Waals surface area (Å²) in [6.07, 6.45) is 14.8. The lowest BCUT2D eigenvalue weighted by atomic mass is 9.47. The topological polar surface area (TPSA) is 68.4 Å². The Morgan fingerprint density at radius 2 is 1.65 bits per heavy atom. The number of nitrogens with zero attached hydrogens (tertiary/aromatic N) is 3. The van der Waals surface area contributed by atoms with E-state index >= 15 is 0 Å². The van der Waals surface area contributed by atoms with E-state index in [2.05, 4.69) is 24.8 Å². The van der Waals surface area contributed by atoms with Crippen LogP contribution in [-0.4, -0.2) is 65.4 Å². The number of benzene rings is 2. The number of hydrogen-bond donors (Lipinski definition) is 2. The molecule has 0 aromatic heterocycles. The first-order chi connectivity index (χ1) is 23.6. The van der Waals surface area contributed by atoms with Crippen LogP contribution in [0.1, 0.15) is 102 Å². The van der Waals surface area contributed by atoms with Gasteiger partial charge in [-0.25, -0.2) is 4.39 Å². The van der Waals surface area contributed by atoms with Crippen LogP contribution in [0.5, 0.6) is 0 Å². The Kier molecular flexibility index (Phi) is 10.2. The number of likely N-dealkylation sites (tertiary alicyclic amines) is 1. The molecule has 4 aliphatic carbocycles. The van der Waals surface area contributed by atoms with Crippen LogP contribution in [0, 0.1) is 34.4 Å². The maximum absolute atomic E-state index is 13.8. The van der Waals surface area contributed by atoms with Crippen LogP contribution < -0.4 is 0 Å². The van der Waals surface area contributed by atoms with Gasteiger partial charge in [-0.15, -0.1) is 0 Å². The Balaban J connectivity index is 0.945. The van der Waals surface area contributed by atoms with Gasteiger partial charge in [-0.1, -0.05) is 55.3 Å². The van der Waals surface area contributed by atoms with Crippen molar-refractivity contribution in [2.45, 2.75) is 103 Å². The first kappa shape index (κ1) is 35.0. The second-order valence-electron chi connectivity index (χ2n) is 16.3. The van der Waals surface area contributed by atoms with Crippen LogP contribution in [0.15, 0.2) is 70.2 Å². The molecule has 0 radical (unpaired) electrons. The van der Waals surface area contributed by atoms with Crippen molar-refractivity contribution in [2.24, 2.45) is 38.6 Å². The minimum atomic E-state index is -0.798. The SMILES string of the molecule is C[C@]12CC[C@H]3[C@@H](CCC4=CC(=NCCN=C(CCCN5CCC(O)(c6ccc(Cl)cc6)CC5)c5ccc(F)cc5)CC[C@@]43C)[C@@H]1CC[C@@H]2O. The number of aliphatic hydroxyl groups is 2. The normalized spacial score (nSPS) is 33.9. The lowest BCUT2D eigenvalue weighted by Crippen LogP contribution is -2.51. The highest BCUT2D eigenvalue weighted by molar-refractivity contribution is 6.30. The molecule has 6 atom stereocenters. The molecule has 2 aromatic rings. The van der Waals surface area contributed by atoms with Gasteiger partial charge in [-0.3, -0.25) is 9.98 Å². The molecule has 5 nitrogen and oxygen atoms in total. The maximum atomic E-state index is 13.8. The number of aliphatic imine (C=N–C) groups is 2. The molecule has 7 rings (SSSR count). The van der Waals surface area contributed by atoms with Crippen LogP contribution in [0.2, 0.25) is 5.02 Å². The van der Waals surface area contributed by atoms with Gasteiger partial charge in [0.1, 0.15) is 5.82 Å². The highest BCUT2D eigenvalue weighted by atomic mass is 35.5. The summed E-state index contributed by atoms with van der Waals surface area (Å²) < 4.78 is 13.8. The summed E-state index contributed by atoms with van der Waals surface area (Å²) >= 11 is 6.06. The maximum Gasteiger partial charge on any atom is 0.123 e. The zero-order valence-corrected chi connectivity index (χ0v) is 30.3. The smallest absolute Gasteiger partial charge is 0.123 e. The molecule has 0 unspecified atom stereocenters. The van der Waals surface area contributed by atoms with Gasteiger partial charge in [-0.2, -0.15) is 0 Å². The molecule has 0 amide bonds. The van der Waals surface area contributed by atoms with Crippen molar-refractivity contribution >= 4 is 23.0 Å². The van der Waals surface area contributed by atoms with Crippen molar-refractivity contribution in [1.29, 1.82) is 0 Å². The molecule has 1 saturated heterocycles. The lowest BCUT2D eigenvalue weighted by Gasteiger charge is -2.57. The van der Waals surface area contributed by atoms with Crippen molar-refractivity contribution in [3.63, 3.8) is 0 Å². The van der Waals surface area contributed by atoms with Crippen molar-refractivity contribution in [3.05, 3.63) is 82.1 Å². The molecule has 264 valence electrons. The molecule has 5 aliphatic rings. The monoisotopic (exact) mass is 687 g/mol. The number of hydrogen-bond acceptors (Lipinski definition) is 5.